The maximum atomic E-state index is 8.16. The molecule has 2 aromatic heterocycles. The number of hydrogen-bond acceptors (Lipinski definition) is 3. The van der Waals surface area contributed by atoms with E-state index < -0.39 is 0 Å². The number of unbranched alkanes of at least 4 members (excludes halogenated alkanes) is 1. The summed E-state index contributed by atoms with van der Waals surface area (Å²) >= 11 is 0. The molecule has 2 N–H and O–H groups in total. The third-order valence-corrected chi connectivity index (χ3v) is 3.92. The minimum atomic E-state index is 0.347. The van der Waals surface area contributed by atoms with Crippen molar-refractivity contribution < 1.29 is 0 Å². The van der Waals surface area contributed by atoms with Gasteiger partial charge in [0.25, 0.3) is 0 Å². The topological polar surface area (TPSA) is 70.3 Å². The number of H-pyrrole nitrogens is 1. The summed E-state index contributed by atoms with van der Waals surface area (Å²) in [4.78, 5) is 12.8. The van der Waals surface area contributed by atoms with Gasteiger partial charge in [0.05, 0.1) is 5.69 Å². The van der Waals surface area contributed by atoms with Crippen LogP contribution in [-0.2, 0) is 13.0 Å². The van der Waals surface area contributed by atoms with Gasteiger partial charge in [0, 0.05) is 12.5 Å². The van der Waals surface area contributed by atoms with Gasteiger partial charge < -0.3 is 4.98 Å². The van der Waals surface area contributed by atoms with Crippen LogP contribution in [-0.4, -0.2) is 19.5 Å². The largest absolute Gasteiger partial charge is 0.339 e. The van der Waals surface area contributed by atoms with E-state index in [9.17, 15) is 0 Å². The Hall–Kier alpha value is -1.65. The van der Waals surface area contributed by atoms with E-state index in [4.69, 9.17) is 10.4 Å². The third kappa shape index (κ3) is 2.37. The highest BCUT2D eigenvalue weighted by atomic mass is 15.1. The summed E-state index contributed by atoms with van der Waals surface area (Å²) in [6.07, 6.45) is 6.64. The molecule has 2 heterocycles. The smallest absolute Gasteiger partial charge is 0.223 e. The summed E-state index contributed by atoms with van der Waals surface area (Å²) in [6.45, 7) is 5.12. The lowest BCUT2D eigenvalue weighted by atomic mass is 10.2. The molecule has 0 radical (unpaired) electrons. The standard InChI is InChI=1S/C15H23N5/c1-3-5-6-11-12-14(19-13(18-12)10-7-8-10)20(9-4-2)15(16)17-11/h10,16H,3-9H2,1-2H3,(H,18,19). The van der Waals surface area contributed by atoms with E-state index in [-0.39, 0.29) is 0 Å². The van der Waals surface area contributed by atoms with E-state index >= 15 is 0 Å². The van der Waals surface area contributed by atoms with Crippen molar-refractivity contribution >= 4 is 11.2 Å². The number of aryl methyl sites for hydroxylation is 2. The fourth-order valence-electron chi connectivity index (χ4n) is 2.63. The minimum absolute atomic E-state index is 0.347. The van der Waals surface area contributed by atoms with Gasteiger partial charge in [0.2, 0.25) is 5.62 Å². The quantitative estimate of drug-likeness (QED) is 0.849. The van der Waals surface area contributed by atoms with E-state index in [0.717, 1.165) is 54.9 Å². The van der Waals surface area contributed by atoms with Gasteiger partial charge in [-0.05, 0) is 32.1 Å². The maximum Gasteiger partial charge on any atom is 0.223 e. The SMILES string of the molecule is CCCCc1nc(=N)n(CCC)c2nc(C3CC3)[nH]c12. The van der Waals surface area contributed by atoms with Crippen LogP contribution in [0.15, 0.2) is 0 Å². The van der Waals surface area contributed by atoms with Crippen molar-refractivity contribution in [1.29, 1.82) is 5.41 Å². The molecule has 2 aromatic rings. The Morgan fingerprint density at radius 2 is 2.05 bits per heavy atom. The van der Waals surface area contributed by atoms with Gasteiger partial charge in [0.1, 0.15) is 11.3 Å². The first-order valence-electron chi connectivity index (χ1n) is 7.78. The van der Waals surface area contributed by atoms with Gasteiger partial charge >= 0.3 is 0 Å². The number of nitrogens with zero attached hydrogens (tertiary/aromatic N) is 3. The van der Waals surface area contributed by atoms with E-state index in [1.165, 1.54) is 12.8 Å². The van der Waals surface area contributed by atoms with Crippen molar-refractivity contribution in [2.45, 2.75) is 64.8 Å². The summed E-state index contributed by atoms with van der Waals surface area (Å²) < 4.78 is 1.94. The first kappa shape index (κ1) is 13.3. The van der Waals surface area contributed by atoms with E-state index in [2.05, 4.69) is 23.8 Å². The number of fused-ring (bicyclic) bond motifs is 1. The molecule has 1 fully saturated rings. The lowest BCUT2D eigenvalue weighted by molar-refractivity contribution is 0.626. The zero-order valence-electron chi connectivity index (χ0n) is 12.4. The highest BCUT2D eigenvalue weighted by Crippen LogP contribution is 2.39. The number of aromatic nitrogens is 4. The molecule has 0 amide bonds. The van der Waals surface area contributed by atoms with Crippen LogP contribution >= 0.6 is 0 Å². The van der Waals surface area contributed by atoms with Crippen LogP contribution in [0.3, 0.4) is 0 Å². The fraction of sp³-hybridized carbons (Fsp3) is 0.667. The maximum absolute atomic E-state index is 8.16. The van der Waals surface area contributed by atoms with E-state index in [0.29, 0.717) is 11.5 Å². The molecule has 108 valence electrons. The summed E-state index contributed by atoms with van der Waals surface area (Å²) in [5.74, 6) is 1.70. The lowest BCUT2D eigenvalue weighted by Gasteiger charge is -2.08. The number of nitrogens with one attached hydrogen (secondary N) is 2. The van der Waals surface area contributed by atoms with E-state index in [1.54, 1.807) is 0 Å². The van der Waals surface area contributed by atoms with Gasteiger partial charge in [0.15, 0.2) is 5.65 Å². The van der Waals surface area contributed by atoms with Crippen molar-refractivity contribution in [3.8, 4) is 0 Å². The Balaban J connectivity index is 2.14. The predicted molar refractivity (Wildman–Crippen MR) is 78.6 cm³/mol. The van der Waals surface area contributed by atoms with Crippen LogP contribution in [0.25, 0.3) is 11.2 Å². The molecule has 3 rings (SSSR count). The normalized spacial score (nSPS) is 15.1. The van der Waals surface area contributed by atoms with Crippen molar-refractivity contribution in [2.24, 2.45) is 0 Å². The summed E-state index contributed by atoms with van der Waals surface area (Å²) in [5.41, 5.74) is 3.35. The molecular weight excluding hydrogens is 250 g/mol. The Morgan fingerprint density at radius 1 is 1.25 bits per heavy atom. The Labute approximate surface area is 119 Å². The van der Waals surface area contributed by atoms with Crippen LogP contribution < -0.4 is 5.62 Å². The Morgan fingerprint density at radius 3 is 2.70 bits per heavy atom. The molecule has 1 aliphatic carbocycles. The summed E-state index contributed by atoms with van der Waals surface area (Å²) in [7, 11) is 0. The number of hydrogen-bond donors (Lipinski definition) is 2. The zero-order valence-corrected chi connectivity index (χ0v) is 12.4. The molecular formula is C15H23N5. The van der Waals surface area contributed by atoms with Crippen LogP contribution in [0, 0.1) is 5.41 Å². The average molecular weight is 273 g/mol. The Kier molecular flexibility index (Phi) is 3.59. The first-order valence-corrected chi connectivity index (χ1v) is 7.78. The molecule has 5 nitrogen and oxygen atoms in total. The fourth-order valence-corrected chi connectivity index (χ4v) is 2.63. The van der Waals surface area contributed by atoms with E-state index in [1.807, 2.05) is 4.57 Å². The minimum Gasteiger partial charge on any atom is -0.339 e. The van der Waals surface area contributed by atoms with Crippen LogP contribution in [0.5, 0.6) is 0 Å². The van der Waals surface area contributed by atoms with Crippen LogP contribution in [0.4, 0.5) is 0 Å². The first-order chi connectivity index (χ1) is 9.74. The summed E-state index contributed by atoms with van der Waals surface area (Å²) in [5, 5.41) is 8.16. The summed E-state index contributed by atoms with van der Waals surface area (Å²) in [6, 6.07) is 0. The van der Waals surface area contributed by atoms with Gasteiger partial charge in [-0.3, -0.25) is 9.98 Å². The van der Waals surface area contributed by atoms with Crippen molar-refractivity contribution in [2.75, 3.05) is 0 Å². The van der Waals surface area contributed by atoms with Gasteiger partial charge in [-0.25, -0.2) is 9.97 Å². The molecule has 1 saturated carbocycles. The molecule has 0 bridgehead atoms. The molecule has 0 spiro atoms. The highest BCUT2D eigenvalue weighted by molar-refractivity contribution is 5.74. The highest BCUT2D eigenvalue weighted by Gasteiger charge is 2.28. The second-order valence-corrected chi connectivity index (χ2v) is 5.73. The second kappa shape index (κ2) is 5.38. The molecule has 0 aliphatic heterocycles. The van der Waals surface area contributed by atoms with Crippen molar-refractivity contribution in [3.05, 3.63) is 17.1 Å². The van der Waals surface area contributed by atoms with Crippen LogP contribution in [0.2, 0.25) is 0 Å². The predicted octanol–water partition coefficient (Wildman–Crippen LogP) is 2.87. The van der Waals surface area contributed by atoms with Gasteiger partial charge in [-0.2, -0.15) is 0 Å². The molecule has 0 saturated heterocycles. The van der Waals surface area contributed by atoms with Crippen LogP contribution in [0.1, 0.15) is 63.4 Å². The molecule has 0 unspecified atom stereocenters. The average Bonchev–Trinajstić information content (AvgIpc) is 3.19. The van der Waals surface area contributed by atoms with Crippen molar-refractivity contribution in [1.82, 2.24) is 19.5 Å². The molecule has 0 aromatic carbocycles. The second-order valence-electron chi connectivity index (χ2n) is 5.73. The van der Waals surface area contributed by atoms with Gasteiger partial charge in [-0.15, -0.1) is 0 Å². The number of aromatic amines is 1. The lowest BCUT2D eigenvalue weighted by Crippen LogP contribution is -2.25. The number of rotatable bonds is 6. The molecule has 1 aliphatic rings. The third-order valence-electron chi connectivity index (χ3n) is 3.92. The zero-order chi connectivity index (χ0) is 14.1. The van der Waals surface area contributed by atoms with Gasteiger partial charge in [-0.1, -0.05) is 20.3 Å². The molecule has 0 atom stereocenters. The molecule has 20 heavy (non-hydrogen) atoms. The monoisotopic (exact) mass is 273 g/mol. The molecule has 5 heteroatoms. The Bertz CT molecular complexity index is 663. The van der Waals surface area contributed by atoms with Crippen molar-refractivity contribution in [3.63, 3.8) is 0 Å². The number of imidazole rings is 1.